The molecule has 0 aromatic heterocycles. The van der Waals surface area contributed by atoms with Crippen molar-refractivity contribution in [2.24, 2.45) is 0 Å². The molecule has 0 aliphatic carbocycles. The number of carbonyl (C=O) groups excluding carboxylic acids is 1. The molecule has 1 aliphatic heterocycles. The van der Waals surface area contributed by atoms with Gasteiger partial charge < -0.3 is 14.8 Å². The molecule has 1 saturated heterocycles. The molecule has 0 spiro atoms. The van der Waals surface area contributed by atoms with Gasteiger partial charge in [0.2, 0.25) is 0 Å². The second kappa shape index (κ2) is 8.02. The van der Waals surface area contributed by atoms with Crippen molar-refractivity contribution in [2.75, 3.05) is 32.1 Å². The minimum Gasteiger partial charge on any atom is -0.465 e. The summed E-state index contributed by atoms with van der Waals surface area (Å²) in [6.45, 7) is 8.86. The molecule has 0 aromatic carbocycles. The summed E-state index contributed by atoms with van der Waals surface area (Å²) in [6.07, 6.45) is 1.81. The zero-order valence-electron chi connectivity index (χ0n) is 11.7. The lowest BCUT2D eigenvalue weighted by atomic mass is 9.99. The lowest BCUT2D eigenvalue weighted by Gasteiger charge is -2.30. The van der Waals surface area contributed by atoms with Crippen molar-refractivity contribution < 1.29 is 14.3 Å². The van der Waals surface area contributed by atoms with Gasteiger partial charge in [-0.1, -0.05) is 6.92 Å². The number of nitrogens with one attached hydrogen (secondary N) is 1. The minimum atomic E-state index is -0.552. The topological polar surface area (TPSA) is 47.6 Å². The summed E-state index contributed by atoms with van der Waals surface area (Å²) < 4.78 is 10.3. The highest BCUT2D eigenvalue weighted by atomic mass is 32.2. The van der Waals surface area contributed by atoms with Crippen LogP contribution in [0.3, 0.4) is 0 Å². The number of ether oxygens (including phenoxy) is 2. The van der Waals surface area contributed by atoms with Crippen molar-refractivity contribution in [3.05, 3.63) is 0 Å². The quantitative estimate of drug-likeness (QED) is 0.651. The molecule has 1 unspecified atom stereocenters. The average Bonchev–Trinajstić information content (AvgIpc) is 2.30. The van der Waals surface area contributed by atoms with E-state index >= 15 is 0 Å². The summed E-state index contributed by atoms with van der Waals surface area (Å²) in [5.74, 6) is 0.823. The van der Waals surface area contributed by atoms with Crippen LogP contribution in [0.2, 0.25) is 0 Å². The van der Waals surface area contributed by atoms with Gasteiger partial charge >= 0.3 is 5.97 Å². The second-order valence-corrected chi connectivity index (χ2v) is 6.17. The van der Waals surface area contributed by atoms with E-state index < -0.39 is 5.54 Å². The fourth-order valence-electron chi connectivity index (χ4n) is 1.69. The van der Waals surface area contributed by atoms with Crippen LogP contribution in [0.4, 0.5) is 0 Å². The first kappa shape index (κ1) is 15.8. The first-order valence-electron chi connectivity index (χ1n) is 6.74. The van der Waals surface area contributed by atoms with Gasteiger partial charge in [-0.05, 0) is 39.0 Å². The zero-order chi connectivity index (χ0) is 13.4. The molecule has 1 atom stereocenters. The second-order valence-electron chi connectivity index (χ2n) is 4.76. The molecule has 0 amide bonds. The van der Waals surface area contributed by atoms with Crippen molar-refractivity contribution in [1.82, 2.24) is 5.32 Å². The standard InChI is InChI=1S/C13H25NO3S/c1-4-7-14-13(3,12(15)17-5-2)6-8-18-11-9-16-10-11/h11,14H,4-10H2,1-3H3. The van der Waals surface area contributed by atoms with E-state index in [1.54, 1.807) is 0 Å². The molecule has 0 saturated carbocycles. The van der Waals surface area contributed by atoms with Crippen LogP contribution < -0.4 is 5.32 Å². The predicted octanol–water partition coefficient (Wildman–Crippen LogP) is 1.83. The van der Waals surface area contributed by atoms with Crippen LogP contribution in [0, 0.1) is 0 Å². The third kappa shape index (κ3) is 4.78. The molecule has 0 aromatic rings. The minimum absolute atomic E-state index is 0.135. The van der Waals surface area contributed by atoms with Gasteiger partial charge in [0.1, 0.15) is 5.54 Å². The smallest absolute Gasteiger partial charge is 0.326 e. The number of esters is 1. The molecule has 1 heterocycles. The first-order valence-corrected chi connectivity index (χ1v) is 7.79. The Labute approximate surface area is 114 Å². The van der Waals surface area contributed by atoms with Crippen molar-refractivity contribution in [1.29, 1.82) is 0 Å². The van der Waals surface area contributed by atoms with E-state index in [2.05, 4.69) is 12.2 Å². The van der Waals surface area contributed by atoms with Gasteiger partial charge in [0.25, 0.3) is 0 Å². The van der Waals surface area contributed by atoms with Gasteiger partial charge in [-0.2, -0.15) is 11.8 Å². The van der Waals surface area contributed by atoms with E-state index in [0.717, 1.165) is 38.4 Å². The van der Waals surface area contributed by atoms with Gasteiger partial charge in [0.15, 0.2) is 0 Å². The average molecular weight is 275 g/mol. The molecule has 4 nitrogen and oxygen atoms in total. The number of thioether (sulfide) groups is 1. The fourth-order valence-corrected chi connectivity index (χ4v) is 2.94. The van der Waals surface area contributed by atoms with E-state index in [9.17, 15) is 4.79 Å². The largest absolute Gasteiger partial charge is 0.465 e. The molecule has 1 fully saturated rings. The molecule has 1 N–H and O–H groups in total. The van der Waals surface area contributed by atoms with E-state index in [4.69, 9.17) is 9.47 Å². The molecule has 0 bridgehead atoms. The van der Waals surface area contributed by atoms with Crippen LogP contribution in [0.25, 0.3) is 0 Å². The Morgan fingerprint density at radius 1 is 1.50 bits per heavy atom. The zero-order valence-corrected chi connectivity index (χ0v) is 12.5. The Morgan fingerprint density at radius 2 is 2.22 bits per heavy atom. The maximum Gasteiger partial charge on any atom is 0.326 e. The summed E-state index contributed by atoms with van der Waals surface area (Å²) in [7, 11) is 0. The molecular formula is C13H25NO3S. The van der Waals surface area contributed by atoms with Gasteiger partial charge in [-0.15, -0.1) is 0 Å². The monoisotopic (exact) mass is 275 g/mol. The highest BCUT2D eigenvalue weighted by molar-refractivity contribution is 8.00. The lowest BCUT2D eigenvalue weighted by molar-refractivity contribution is -0.150. The Balaban J connectivity index is 2.38. The van der Waals surface area contributed by atoms with Crippen molar-refractivity contribution >= 4 is 17.7 Å². The third-order valence-corrected chi connectivity index (χ3v) is 4.24. The van der Waals surface area contributed by atoms with Gasteiger partial charge in [-0.25, -0.2) is 0 Å². The van der Waals surface area contributed by atoms with Crippen LogP contribution in [0.15, 0.2) is 0 Å². The Morgan fingerprint density at radius 3 is 2.72 bits per heavy atom. The summed E-state index contributed by atoms with van der Waals surface area (Å²) >= 11 is 1.89. The summed E-state index contributed by atoms with van der Waals surface area (Å²) in [5, 5.41) is 3.93. The number of hydrogen-bond donors (Lipinski definition) is 1. The number of carbonyl (C=O) groups is 1. The van der Waals surface area contributed by atoms with Crippen LogP contribution in [0.1, 0.15) is 33.6 Å². The predicted molar refractivity (Wildman–Crippen MR) is 75.0 cm³/mol. The first-order chi connectivity index (χ1) is 8.62. The van der Waals surface area contributed by atoms with Gasteiger partial charge in [-0.3, -0.25) is 4.79 Å². The summed E-state index contributed by atoms with van der Waals surface area (Å²) in [6, 6.07) is 0. The van der Waals surface area contributed by atoms with E-state index in [0.29, 0.717) is 11.9 Å². The van der Waals surface area contributed by atoms with E-state index in [1.807, 2.05) is 25.6 Å². The van der Waals surface area contributed by atoms with E-state index in [1.165, 1.54) is 0 Å². The molecule has 1 rings (SSSR count). The molecule has 1 aliphatic rings. The van der Waals surface area contributed by atoms with Crippen LogP contribution in [-0.4, -0.2) is 48.9 Å². The Hall–Kier alpha value is -0.260. The van der Waals surface area contributed by atoms with Gasteiger partial charge in [0, 0.05) is 0 Å². The normalized spacial score (nSPS) is 19.1. The number of hydrogen-bond acceptors (Lipinski definition) is 5. The third-order valence-electron chi connectivity index (χ3n) is 3.05. The lowest BCUT2D eigenvalue weighted by Crippen LogP contribution is -2.51. The fraction of sp³-hybridized carbons (Fsp3) is 0.923. The van der Waals surface area contributed by atoms with Crippen LogP contribution in [0.5, 0.6) is 0 Å². The molecular weight excluding hydrogens is 250 g/mol. The molecule has 106 valence electrons. The Kier molecular flexibility index (Phi) is 7.04. The SMILES string of the molecule is CCCNC(C)(CCSC1COC1)C(=O)OCC. The molecule has 0 radical (unpaired) electrons. The van der Waals surface area contributed by atoms with Crippen LogP contribution >= 0.6 is 11.8 Å². The van der Waals surface area contributed by atoms with E-state index in [-0.39, 0.29) is 5.97 Å². The maximum absolute atomic E-state index is 12.0. The highest BCUT2D eigenvalue weighted by Crippen LogP contribution is 2.23. The Bertz CT molecular complexity index is 259. The van der Waals surface area contributed by atoms with Crippen molar-refractivity contribution in [3.63, 3.8) is 0 Å². The summed E-state index contributed by atoms with van der Waals surface area (Å²) in [4.78, 5) is 12.0. The molecule has 18 heavy (non-hydrogen) atoms. The number of rotatable bonds is 9. The van der Waals surface area contributed by atoms with Crippen LogP contribution in [-0.2, 0) is 14.3 Å². The maximum atomic E-state index is 12.0. The molecule has 5 heteroatoms. The van der Waals surface area contributed by atoms with Gasteiger partial charge in [0.05, 0.1) is 25.1 Å². The van der Waals surface area contributed by atoms with Crippen molar-refractivity contribution in [3.8, 4) is 0 Å². The van der Waals surface area contributed by atoms with Crippen molar-refractivity contribution in [2.45, 2.75) is 44.4 Å². The highest BCUT2D eigenvalue weighted by Gasteiger charge is 2.34. The summed E-state index contributed by atoms with van der Waals surface area (Å²) in [5.41, 5.74) is -0.552.